The first-order chi connectivity index (χ1) is 12.0. The molecule has 132 valence electrons. The van der Waals surface area contributed by atoms with E-state index in [-0.39, 0.29) is 23.8 Å². The van der Waals surface area contributed by atoms with Crippen molar-refractivity contribution in [1.29, 1.82) is 0 Å². The number of benzene rings is 1. The van der Waals surface area contributed by atoms with E-state index >= 15 is 0 Å². The van der Waals surface area contributed by atoms with Crippen molar-refractivity contribution in [2.24, 2.45) is 4.99 Å². The van der Waals surface area contributed by atoms with Crippen LogP contribution in [0.4, 0.5) is 5.69 Å². The lowest BCUT2D eigenvalue weighted by molar-refractivity contribution is -0.121. The first kappa shape index (κ1) is 17.4. The lowest BCUT2D eigenvalue weighted by Gasteiger charge is -2.27. The highest BCUT2D eigenvalue weighted by molar-refractivity contribution is 8.15. The van der Waals surface area contributed by atoms with Gasteiger partial charge in [0.25, 0.3) is 5.91 Å². The lowest BCUT2D eigenvalue weighted by Crippen LogP contribution is -2.39. The van der Waals surface area contributed by atoms with Gasteiger partial charge in [-0.1, -0.05) is 17.8 Å². The molecule has 0 radical (unpaired) electrons. The molecule has 2 amide bonds. The molecule has 9 heteroatoms. The molecule has 0 saturated carbocycles. The number of rotatable bonds is 4. The Labute approximate surface area is 148 Å². The van der Waals surface area contributed by atoms with Gasteiger partial charge in [0.1, 0.15) is 5.25 Å². The molecule has 25 heavy (non-hydrogen) atoms. The molecule has 0 aromatic heterocycles. The number of ether oxygens (including phenoxy) is 1. The summed E-state index contributed by atoms with van der Waals surface area (Å²) in [5, 5.41) is 11.7. The highest BCUT2D eigenvalue weighted by atomic mass is 32.2. The van der Waals surface area contributed by atoms with Crippen molar-refractivity contribution in [3.05, 3.63) is 29.8 Å². The number of anilines is 1. The number of amides is 2. The summed E-state index contributed by atoms with van der Waals surface area (Å²) in [5.74, 6) is -1.74. The van der Waals surface area contributed by atoms with Crippen LogP contribution in [0, 0.1) is 0 Å². The number of nitrogens with zero attached hydrogens (tertiary/aromatic N) is 2. The summed E-state index contributed by atoms with van der Waals surface area (Å²) in [5.41, 5.74) is 0.469. The number of carbonyl (C=O) groups is 3. The summed E-state index contributed by atoms with van der Waals surface area (Å²) in [6.07, 6.45) is -0.0157. The number of carboxylic acid groups (broad SMARTS) is 1. The molecule has 0 aliphatic carbocycles. The van der Waals surface area contributed by atoms with Gasteiger partial charge in [-0.3, -0.25) is 9.59 Å². The zero-order chi connectivity index (χ0) is 17.8. The minimum Gasteiger partial charge on any atom is -0.478 e. The van der Waals surface area contributed by atoms with E-state index in [2.05, 4.69) is 10.3 Å². The molecule has 2 aliphatic rings. The number of aliphatic imine (C=N–C) groups is 1. The molecule has 2 N–H and O–H groups in total. The SMILES string of the molecule is O=C(CC1SC(N2CCOCC2)=NC1=O)Nc1cccc(C(=O)O)c1. The quantitative estimate of drug-likeness (QED) is 0.823. The van der Waals surface area contributed by atoms with Gasteiger partial charge in [0, 0.05) is 25.2 Å². The van der Waals surface area contributed by atoms with E-state index in [9.17, 15) is 14.4 Å². The number of hydrogen-bond donors (Lipinski definition) is 2. The van der Waals surface area contributed by atoms with Crippen LogP contribution in [0.3, 0.4) is 0 Å². The number of morpholine rings is 1. The third-order valence-electron chi connectivity index (χ3n) is 3.77. The summed E-state index contributed by atoms with van der Waals surface area (Å²) >= 11 is 1.29. The smallest absolute Gasteiger partial charge is 0.335 e. The summed E-state index contributed by atoms with van der Waals surface area (Å²) in [7, 11) is 0. The minimum atomic E-state index is -1.07. The van der Waals surface area contributed by atoms with E-state index in [4.69, 9.17) is 9.84 Å². The standard InChI is InChI=1S/C16H17N3O5S/c20-13(17-11-3-1-2-10(8-11)15(22)23)9-12-14(21)18-16(25-12)19-4-6-24-7-5-19/h1-3,8,12H,4-7,9H2,(H,17,20)(H,22,23). The number of hydrogen-bond acceptors (Lipinski definition) is 6. The topological polar surface area (TPSA) is 108 Å². The van der Waals surface area contributed by atoms with Crippen LogP contribution < -0.4 is 5.32 Å². The lowest BCUT2D eigenvalue weighted by atomic mass is 10.2. The Morgan fingerprint density at radius 3 is 2.84 bits per heavy atom. The average Bonchev–Trinajstić information content (AvgIpc) is 2.96. The van der Waals surface area contributed by atoms with E-state index in [1.807, 2.05) is 4.90 Å². The number of carboxylic acids is 1. The first-order valence-electron chi connectivity index (χ1n) is 7.78. The molecule has 2 heterocycles. The fraction of sp³-hybridized carbons (Fsp3) is 0.375. The van der Waals surface area contributed by atoms with Crippen molar-refractivity contribution in [1.82, 2.24) is 4.90 Å². The third kappa shape index (κ3) is 4.37. The molecule has 0 spiro atoms. The predicted octanol–water partition coefficient (Wildman–Crippen LogP) is 1.04. The Bertz CT molecular complexity index is 730. The van der Waals surface area contributed by atoms with Crippen molar-refractivity contribution in [2.75, 3.05) is 31.6 Å². The maximum Gasteiger partial charge on any atom is 0.335 e. The zero-order valence-corrected chi connectivity index (χ0v) is 14.1. The molecule has 1 saturated heterocycles. The third-order valence-corrected chi connectivity index (χ3v) is 4.99. The normalized spacial score (nSPS) is 20.3. The zero-order valence-electron chi connectivity index (χ0n) is 13.3. The number of thioether (sulfide) groups is 1. The van der Waals surface area contributed by atoms with Crippen molar-refractivity contribution in [3.8, 4) is 0 Å². The van der Waals surface area contributed by atoms with Gasteiger partial charge >= 0.3 is 5.97 Å². The second kappa shape index (κ2) is 7.66. The number of carbonyl (C=O) groups excluding carboxylic acids is 2. The maximum atomic E-state index is 12.2. The first-order valence-corrected chi connectivity index (χ1v) is 8.66. The van der Waals surface area contributed by atoms with Crippen molar-refractivity contribution < 1.29 is 24.2 Å². The van der Waals surface area contributed by atoms with Crippen LogP contribution in [0.1, 0.15) is 16.8 Å². The van der Waals surface area contributed by atoms with Crippen LogP contribution in [-0.2, 0) is 14.3 Å². The molecule has 1 atom stereocenters. The molecule has 1 unspecified atom stereocenters. The Balaban J connectivity index is 1.56. The largest absolute Gasteiger partial charge is 0.478 e. The molecule has 1 fully saturated rings. The van der Waals surface area contributed by atoms with Gasteiger partial charge in [-0.25, -0.2) is 4.79 Å². The van der Waals surface area contributed by atoms with Crippen LogP contribution in [0.25, 0.3) is 0 Å². The molecule has 3 rings (SSSR count). The van der Waals surface area contributed by atoms with Crippen molar-refractivity contribution >= 4 is 40.4 Å². The second-order valence-electron chi connectivity index (χ2n) is 5.58. The van der Waals surface area contributed by atoms with E-state index in [1.54, 1.807) is 12.1 Å². The molecule has 8 nitrogen and oxygen atoms in total. The number of amidine groups is 1. The van der Waals surface area contributed by atoms with Crippen LogP contribution in [0.15, 0.2) is 29.3 Å². The molecular weight excluding hydrogens is 346 g/mol. The highest BCUT2D eigenvalue weighted by Gasteiger charge is 2.33. The van der Waals surface area contributed by atoms with E-state index < -0.39 is 11.2 Å². The van der Waals surface area contributed by atoms with Crippen LogP contribution in [0.5, 0.6) is 0 Å². The Morgan fingerprint density at radius 1 is 1.36 bits per heavy atom. The summed E-state index contributed by atoms with van der Waals surface area (Å²) in [4.78, 5) is 41.2. The van der Waals surface area contributed by atoms with Crippen LogP contribution >= 0.6 is 11.8 Å². The van der Waals surface area contributed by atoms with Gasteiger partial charge < -0.3 is 20.1 Å². The summed E-state index contributed by atoms with van der Waals surface area (Å²) in [6.45, 7) is 2.55. The minimum absolute atomic E-state index is 0.0157. The summed E-state index contributed by atoms with van der Waals surface area (Å²) in [6, 6.07) is 5.97. The number of aromatic carboxylic acids is 1. The van der Waals surface area contributed by atoms with Gasteiger partial charge in [0.2, 0.25) is 5.91 Å². The Kier molecular flexibility index (Phi) is 5.34. The summed E-state index contributed by atoms with van der Waals surface area (Å²) < 4.78 is 5.27. The monoisotopic (exact) mass is 363 g/mol. The Morgan fingerprint density at radius 2 is 2.12 bits per heavy atom. The van der Waals surface area contributed by atoms with Gasteiger partial charge in [0.05, 0.1) is 18.8 Å². The molecule has 1 aromatic carbocycles. The molecule has 2 aliphatic heterocycles. The fourth-order valence-corrected chi connectivity index (χ4v) is 3.63. The predicted molar refractivity (Wildman–Crippen MR) is 92.9 cm³/mol. The second-order valence-corrected chi connectivity index (χ2v) is 6.75. The van der Waals surface area contributed by atoms with Gasteiger partial charge in [-0.15, -0.1) is 0 Å². The van der Waals surface area contributed by atoms with Gasteiger partial charge in [-0.2, -0.15) is 4.99 Å². The van der Waals surface area contributed by atoms with Crippen molar-refractivity contribution in [2.45, 2.75) is 11.7 Å². The average molecular weight is 363 g/mol. The Hall–Kier alpha value is -2.39. The molecule has 0 bridgehead atoms. The molecule has 1 aromatic rings. The number of nitrogens with one attached hydrogen (secondary N) is 1. The van der Waals surface area contributed by atoms with E-state index in [1.165, 1.54) is 23.9 Å². The van der Waals surface area contributed by atoms with E-state index in [0.717, 1.165) is 0 Å². The highest BCUT2D eigenvalue weighted by Crippen LogP contribution is 2.28. The van der Waals surface area contributed by atoms with Gasteiger partial charge in [0.15, 0.2) is 5.17 Å². The van der Waals surface area contributed by atoms with Crippen LogP contribution in [-0.4, -0.2) is 64.5 Å². The van der Waals surface area contributed by atoms with Crippen molar-refractivity contribution in [3.63, 3.8) is 0 Å². The van der Waals surface area contributed by atoms with Crippen LogP contribution in [0.2, 0.25) is 0 Å². The fourth-order valence-electron chi connectivity index (χ4n) is 2.51. The van der Waals surface area contributed by atoms with Gasteiger partial charge in [-0.05, 0) is 18.2 Å². The van der Waals surface area contributed by atoms with E-state index in [0.29, 0.717) is 37.2 Å². The molecular formula is C16H17N3O5S. The maximum absolute atomic E-state index is 12.2.